The molecule has 0 unspecified atom stereocenters. The first kappa shape index (κ1) is 9.96. The van der Waals surface area contributed by atoms with Crippen LogP contribution in [-0.4, -0.2) is 10.9 Å². The van der Waals surface area contributed by atoms with Crippen molar-refractivity contribution in [2.24, 2.45) is 5.16 Å². The predicted octanol–water partition coefficient (Wildman–Crippen LogP) is 2.31. The highest BCUT2D eigenvalue weighted by Crippen LogP contribution is 2.02. The molecule has 0 spiro atoms. The molecule has 3 nitrogen and oxygen atoms in total. The van der Waals surface area contributed by atoms with E-state index in [9.17, 15) is 0 Å². The molecule has 0 aliphatic carbocycles. The zero-order valence-electron chi connectivity index (χ0n) is 6.88. The minimum absolute atomic E-state index is 0.237. The van der Waals surface area contributed by atoms with E-state index in [2.05, 4.69) is 12.1 Å². The van der Waals surface area contributed by atoms with Crippen molar-refractivity contribution in [1.82, 2.24) is 0 Å². The Morgan fingerprint density at radius 3 is 2.64 bits per heavy atom. The molecule has 0 aliphatic heterocycles. The van der Waals surface area contributed by atoms with Crippen LogP contribution >= 0.6 is 0 Å². The van der Waals surface area contributed by atoms with Crippen LogP contribution < -0.4 is 0 Å². The molecular weight excluding hydrogens is 140 g/mol. The third kappa shape index (κ3) is 5.41. The summed E-state index contributed by atoms with van der Waals surface area (Å²) in [4.78, 5) is 0. The molecule has 0 aromatic rings. The highest BCUT2D eigenvalue weighted by atomic mass is 16.4. The summed E-state index contributed by atoms with van der Waals surface area (Å²) >= 11 is 0. The monoisotopic (exact) mass is 154 g/mol. The number of hydrogen-bond acceptors (Lipinski definition) is 3. The van der Waals surface area contributed by atoms with Crippen molar-refractivity contribution in [2.75, 3.05) is 0 Å². The summed E-state index contributed by atoms with van der Waals surface area (Å²) in [5, 5.41) is 19.4. The van der Waals surface area contributed by atoms with Crippen LogP contribution in [0.1, 0.15) is 39.0 Å². The van der Waals surface area contributed by atoms with E-state index in [0.717, 1.165) is 12.8 Å². The Kier molecular flexibility index (Phi) is 6.40. The van der Waals surface area contributed by atoms with Gasteiger partial charge in [0.15, 0.2) is 5.71 Å². The van der Waals surface area contributed by atoms with E-state index in [1.165, 1.54) is 12.8 Å². The largest absolute Gasteiger partial charge is 0.410 e. The lowest BCUT2D eigenvalue weighted by atomic mass is 10.1. The maximum Gasteiger partial charge on any atom is 0.156 e. The Hall–Kier alpha value is -1.04. The number of unbranched alkanes of at least 4 members (excludes halogenated alkanes) is 3. The maximum absolute atomic E-state index is 8.34. The van der Waals surface area contributed by atoms with Gasteiger partial charge in [0.1, 0.15) is 6.07 Å². The fourth-order valence-electron chi connectivity index (χ4n) is 0.847. The third-order valence-corrected chi connectivity index (χ3v) is 1.52. The van der Waals surface area contributed by atoms with Gasteiger partial charge in [-0.2, -0.15) is 5.26 Å². The van der Waals surface area contributed by atoms with Crippen LogP contribution in [0.4, 0.5) is 0 Å². The molecule has 0 saturated carbocycles. The Bertz CT molecular complexity index is 158. The van der Waals surface area contributed by atoms with Gasteiger partial charge in [-0.15, -0.1) is 0 Å². The number of nitrogens with zero attached hydrogens (tertiary/aromatic N) is 2. The highest BCUT2D eigenvalue weighted by molar-refractivity contribution is 5.97. The van der Waals surface area contributed by atoms with Crippen molar-refractivity contribution in [2.45, 2.75) is 39.0 Å². The second-order valence-corrected chi connectivity index (χ2v) is 2.47. The molecule has 3 heteroatoms. The molecule has 0 aromatic carbocycles. The Labute approximate surface area is 67.3 Å². The van der Waals surface area contributed by atoms with Crippen LogP contribution in [0, 0.1) is 11.3 Å². The summed E-state index contributed by atoms with van der Waals surface area (Å²) in [7, 11) is 0. The van der Waals surface area contributed by atoms with Gasteiger partial charge in [0.05, 0.1) is 0 Å². The lowest BCUT2D eigenvalue weighted by Crippen LogP contribution is -1.93. The van der Waals surface area contributed by atoms with Crippen LogP contribution in [0.3, 0.4) is 0 Å². The number of hydrogen-bond donors (Lipinski definition) is 1. The Morgan fingerprint density at radius 2 is 2.18 bits per heavy atom. The van der Waals surface area contributed by atoms with Crippen LogP contribution in [0.5, 0.6) is 0 Å². The number of oxime groups is 1. The maximum atomic E-state index is 8.34. The minimum Gasteiger partial charge on any atom is -0.410 e. The average Bonchev–Trinajstić information content (AvgIpc) is 2.05. The van der Waals surface area contributed by atoms with Gasteiger partial charge in [0.25, 0.3) is 0 Å². The van der Waals surface area contributed by atoms with Crippen molar-refractivity contribution < 1.29 is 5.21 Å². The quantitative estimate of drug-likeness (QED) is 0.286. The molecule has 0 heterocycles. The molecule has 0 aliphatic rings. The van der Waals surface area contributed by atoms with Gasteiger partial charge in [0, 0.05) is 6.42 Å². The molecule has 1 N–H and O–H groups in total. The molecule has 11 heavy (non-hydrogen) atoms. The smallest absolute Gasteiger partial charge is 0.156 e. The van der Waals surface area contributed by atoms with E-state index in [-0.39, 0.29) is 5.71 Å². The van der Waals surface area contributed by atoms with Crippen molar-refractivity contribution in [3.05, 3.63) is 0 Å². The summed E-state index contributed by atoms with van der Waals surface area (Å²) < 4.78 is 0. The fourth-order valence-corrected chi connectivity index (χ4v) is 0.847. The molecule has 0 bridgehead atoms. The number of rotatable bonds is 5. The summed E-state index contributed by atoms with van der Waals surface area (Å²) in [6.45, 7) is 2.13. The minimum atomic E-state index is 0.237. The van der Waals surface area contributed by atoms with E-state index < -0.39 is 0 Å². The lowest BCUT2D eigenvalue weighted by molar-refractivity contribution is 0.318. The molecule has 0 fully saturated rings. The zero-order chi connectivity index (χ0) is 8.53. The van der Waals surface area contributed by atoms with Crippen molar-refractivity contribution in [1.29, 1.82) is 5.26 Å². The van der Waals surface area contributed by atoms with Gasteiger partial charge < -0.3 is 5.21 Å². The van der Waals surface area contributed by atoms with E-state index in [0.29, 0.717) is 6.42 Å². The molecular formula is C8H14N2O. The lowest BCUT2D eigenvalue weighted by Gasteiger charge is -1.94. The summed E-state index contributed by atoms with van der Waals surface area (Å²) in [6.07, 6.45) is 5.02. The zero-order valence-corrected chi connectivity index (χ0v) is 6.88. The van der Waals surface area contributed by atoms with E-state index in [4.69, 9.17) is 10.5 Å². The van der Waals surface area contributed by atoms with Crippen LogP contribution in [0.2, 0.25) is 0 Å². The van der Waals surface area contributed by atoms with Gasteiger partial charge in [-0.05, 0) is 6.42 Å². The Balaban J connectivity index is 3.32. The topological polar surface area (TPSA) is 56.4 Å². The van der Waals surface area contributed by atoms with Gasteiger partial charge in [-0.1, -0.05) is 31.3 Å². The van der Waals surface area contributed by atoms with E-state index in [1.807, 2.05) is 6.07 Å². The SMILES string of the molecule is CCCCCCC(C#N)=NO. The second-order valence-electron chi connectivity index (χ2n) is 2.47. The second kappa shape index (κ2) is 7.07. The summed E-state index contributed by atoms with van der Waals surface area (Å²) in [6, 6.07) is 1.83. The first-order chi connectivity index (χ1) is 5.35. The first-order valence-electron chi connectivity index (χ1n) is 3.96. The standard InChI is InChI=1S/C8H14N2O/c1-2-3-4-5-6-8(7-9)10-11/h11H,2-6H2,1H3. The normalized spacial score (nSPS) is 11.1. The highest BCUT2D eigenvalue weighted by Gasteiger charge is 1.96. The first-order valence-corrected chi connectivity index (χ1v) is 3.96. The summed E-state index contributed by atoms with van der Waals surface area (Å²) in [5.41, 5.74) is 0.237. The van der Waals surface area contributed by atoms with Crippen LogP contribution in [0.15, 0.2) is 5.16 Å². The van der Waals surface area contributed by atoms with Crippen LogP contribution in [0.25, 0.3) is 0 Å². The third-order valence-electron chi connectivity index (χ3n) is 1.52. The molecule has 0 rings (SSSR count). The number of nitriles is 1. The fraction of sp³-hybridized carbons (Fsp3) is 0.750. The van der Waals surface area contributed by atoms with Crippen molar-refractivity contribution in [3.8, 4) is 6.07 Å². The van der Waals surface area contributed by atoms with Gasteiger partial charge >= 0.3 is 0 Å². The average molecular weight is 154 g/mol. The van der Waals surface area contributed by atoms with Gasteiger partial charge in [-0.3, -0.25) is 0 Å². The molecule has 0 amide bonds. The van der Waals surface area contributed by atoms with E-state index >= 15 is 0 Å². The van der Waals surface area contributed by atoms with Gasteiger partial charge in [-0.25, -0.2) is 0 Å². The summed E-state index contributed by atoms with van der Waals surface area (Å²) in [5.74, 6) is 0. The van der Waals surface area contributed by atoms with Gasteiger partial charge in [0.2, 0.25) is 0 Å². The predicted molar refractivity (Wildman–Crippen MR) is 43.6 cm³/mol. The molecule has 62 valence electrons. The van der Waals surface area contributed by atoms with Crippen LogP contribution in [-0.2, 0) is 0 Å². The molecule has 0 radical (unpaired) electrons. The van der Waals surface area contributed by atoms with Crippen molar-refractivity contribution in [3.63, 3.8) is 0 Å². The Morgan fingerprint density at radius 1 is 1.45 bits per heavy atom. The molecule has 0 saturated heterocycles. The van der Waals surface area contributed by atoms with E-state index in [1.54, 1.807) is 0 Å². The van der Waals surface area contributed by atoms with Crippen molar-refractivity contribution >= 4 is 5.71 Å². The molecule has 0 aromatic heterocycles. The molecule has 0 atom stereocenters.